The highest BCUT2D eigenvalue weighted by Gasteiger charge is 2.47. The first-order valence-electron chi connectivity index (χ1n) is 12.4. The normalized spacial score (nSPS) is 15.9. The summed E-state index contributed by atoms with van der Waals surface area (Å²) in [7, 11) is -4.56. The summed E-state index contributed by atoms with van der Waals surface area (Å²) in [6.45, 7) is -0.765. The first-order valence-corrected chi connectivity index (χ1v) is 13.8. The maximum atomic E-state index is 13.8. The number of benzene rings is 3. The Hall–Kier alpha value is -5.29. The van der Waals surface area contributed by atoms with E-state index in [1.54, 1.807) is 0 Å². The van der Waals surface area contributed by atoms with Crippen molar-refractivity contribution in [1.29, 1.82) is 0 Å². The number of nitro groups is 2. The summed E-state index contributed by atoms with van der Waals surface area (Å²) in [4.78, 5) is 60.5. The maximum Gasteiger partial charge on any atom is 0.305 e. The summed E-state index contributed by atoms with van der Waals surface area (Å²) < 4.78 is 41.4. The van der Waals surface area contributed by atoms with Crippen LogP contribution in [-0.2, 0) is 19.6 Å². The Morgan fingerprint density at radius 2 is 1.56 bits per heavy atom. The zero-order valence-electron chi connectivity index (χ0n) is 21.9. The Labute approximate surface area is 242 Å². The van der Waals surface area contributed by atoms with E-state index in [0.29, 0.717) is 4.31 Å². The van der Waals surface area contributed by atoms with Crippen LogP contribution < -0.4 is 5.32 Å². The van der Waals surface area contributed by atoms with Crippen molar-refractivity contribution in [1.82, 2.24) is 14.5 Å². The topological polar surface area (TPSA) is 210 Å². The highest BCUT2D eigenvalue weighted by molar-refractivity contribution is 7.89. The first-order chi connectivity index (χ1) is 20.3. The second kappa shape index (κ2) is 12.3. The number of aliphatic carboxylic acids is 1. The van der Waals surface area contributed by atoms with Gasteiger partial charge in [0.15, 0.2) is 6.17 Å². The number of carboxylic acids is 1. The molecule has 2 atom stereocenters. The third-order valence-corrected chi connectivity index (χ3v) is 8.40. The number of nitrogens with zero attached hydrogens (tertiary/aromatic N) is 4. The summed E-state index contributed by atoms with van der Waals surface area (Å²) in [5.41, 5.74) is -1.04. The summed E-state index contributed by atoms with van der Waals surface area (Å²) in [5.74, 6) is -4.22. The van der Waals surface area contributed by atoms with Crippen molar-refractivity contribution >= 4 is 39.2 Å². The largest absolute Gasteiger partial charge is 0.481 e. The molecule has 1 aliphatic heterocycles. The molecule has 2 unspecified atom stereocenters. The van der Waals surface area contributed by atoms with Crippen LogP contribution in [-0.4, -0.2) is 69.6 Å². The lowest BCUT2D eigenvalue weighted by Gasteiger charge is -2.30. The van der Waals surface area contributed by atoms with Crippen LogP contribution in [0.15, 0.2) is 77.7 Å². The number of sulfonamides is 1. The number of carbonyl (C=O) groups excluding carboxylic acids is 2. The van der Waals surface area contributed by atoms with Crippen molar-refractivity contribution in [3.8, 4) is 0 Å². The molecular weight excluding hydrogens is 593 g/mol. The summed E-state index contributed by atoms with van der Waals surface area (Å²) >= 11 is 0. The molecule has 3 aromatic rings. The molecular formula is C26H22FN5O10S. The molecule has 224 valence electrons. The molecule has 2 N–H and O–H groups in total. The minimum absolute atomic E-state index is 0.0208. The Bertz CT molecular complexity index is 1720. The highest BCUT2D eigenvalue weighted by atomic mass is 32.2. The number of halogens is 1. The van der Waals surface area contributed by atoms with Crippen molar-refractivity contribution in [2.75, 3.05) is 13.1 Å². The van der Waals surface area contributed by atoms with Gasteiger partial charge in [-0.25, -0.2) is 12.8 Å². The molecule has 1 fully saturated rings. The molecule has 17 heteroatoms. The quantitative estimate of drug-likeness (QED) is 0.251. The molecule has 1 heterocycles. The number of nitrogens with one attached hydrogen (secondary N) is 1. The Balaban J connectivity index is 1.76. The van der Waals surface area contributed by atoms with E-state index in [9.17, 15) is 52.5 Å². The zero-order chi connectivity index (χ0) is 31.5. The van der Waals surface area contributed by atoms with Gasteiger partial charge in [-0.05, 0) is 35.9 Å². The minimum atomic E-state index is -4.56. The second-order valence-corrected chi connectivity index (χ2v) is 11.2. The third kappa shape index (κ3) is 6.62. The van der Waals surface area contributed by atoms with Crippen LogP contribution >= 0.6 is 0 Å². The van der Waals surface area contributed by atoms with E-state index < -0.39 is 84.9 Å². The van der Waals surface area contributed by atoms with Gasteiger partial charge >= 0.3 is 5.97 Å². The van der Waals surface area contributed by atoms with Crippen LogP contribution in [0.3, 0.4) is 0 Å². The van der Waals surface area contributed by atoms with Crippen LogP contribution in [0.4, 0.5) is 15.8 Å². The summed E-state index contributed by atoms with van der Waals surface area (Å²) in [6, 6.07) is 11.6. The zero-order valence-corrected chi connectivity index (χ0v) is 22.7. The van der Waals surface area contributed by atoms with E-state index in [1.807, 2.05) is 0 Å². The number of hydrogen-bond acceptors (Lipinski definition) is 9. The van der Waals surface area contributed by atoms with Crippen molar-refractivity contribution in [3.63, 3.8) is 0 Å². The van der Waals surface area contributed by atoms with Gasteiger partial charge in [0.2, 0.25) is 10.0 Å². The van der Waals surface area contributed by atoms with E-state index in [0.717, 1.165) is 53.4 Å². The third-order valence-electron chi connectivity index (χ3n) is 6.53. The molecule has 43 heavy (non-hydrogen) atoms. The van der Waals surface area contributed by atoms with Crippen molar-refractivity contribution in [2.45, 2.75) is 23.5 Å². The van der Waals surface area contributed by atoms with Gasteiger partial charge in [0, 0.05) is 42.9 Å². The van der Waals surface area contributed by atoms with Crippen LogP contribution in [0.1, 0.15) is 28.4 Å². The molecule has 0 spiro atoms. The monoisotopic (exact) mass is 615 g/mol. The standard InChI is InChI=1S/C26H22FN5O10S/c27-18-7-9-21(10-8-18)43(41,42)30-12-11-29(26(36)17-4-2-6-20(14-17)32(39)40)25(30)24(35)28-22(15-23(33)34)16-3-1-5-19(13-16)31(37)38/h1-10,13-14,22,25H,11-12,15H2,(H,28,35)(H,33,34). The van der Waals surface area contributed by atoms with Gasteiger partial charge in [-0.2, -0.15) is 4.31 Å². The SMILES string of the molecule is O=C(O)CC(NC(=O)C1N(C(=O)c2cccc([N+](=O)[O-])c2)CCN1S(=O)(=O)c1ccc(F)cc1)c1cccc([N+](=O)[O-])c1. The number of nitro benzene ring substituents is 2. The molecule has 1 saturated heterocycles. The number of carbonyl (C=O) groups is 3. The Morgan fingerprint density at radius 1 is 0.953 bits per heavy atom. The van der Waals surface area contributed by atoms with Crippen LogP contribution in [0, 0.1) is 26.0 Å². The predicted molar refractivity (Wildman–Crippen MR) is 144 cm³/mol. The number of non-ortho nitro benzene ring substituents is 2. The van der Waals surface area contributed by atoms with Crippen molar-refractivity contribution in [2.24, 2.45) is 0 Å². The highest BCUT2D eigenvalue weighted by Crippen LogP contribution is 2.29. The molecule has 0 aromatic heterocycles. The lowest BCUT2D eigenvalue weighted by atomic mass is 10.0. The number of amides is 2. The molecule has 15 nitrogen and oxygen atoms in total. The van der Waals surface area contributed by atoms with Gasteiger partial charge in [-0.15, -0.1) is 0 Å². The molecule has 0 bridgehead atoms. The van der Waals surface area contributed by atoms with E-state index in [2.05, 4.69) is 5.32 Å². The Kier molecular flexibility index (Phi) is 8.77. The van der Waals surface area contributed by atoms with Gasteiger partial charge in [0.25, 0.3) is 23.2 Å². The second-order valence-electron chi connectivity index (χ2n) is 9.26. The van der Waals surface area contributed by atoms with Gasteiger partial charge in [0.1, 0.15) is 5.82 Å². The molecule has 1 aliphatic rings. The lowest BCUT2D eigenvalue weighted by molar-refractivity contribution is -0.385. The van der Waals surface area contributed by atoms with Crippen LogP contribution in [0.2, 0.25) is 0 Å². The summed E-state index contributed by atoms with van der Waals surface area (Å²) in [6.07, 6.45) is -2.68. The average molecular weight is 616 g/mol. The maximum absolute atomic E-state index is 13.8. The predicted octanol–water partition coefficient (Wildman–Crippen LogP) is 2.45. The van der Waals surface area contributed by atoms with Crippen LogP contribution in [0.5, 0.6) is 0 Å². The minimum Gasteiger partial charge on any atom is -0.481 e. The number of hydrogen-bond donors (Lipinski definition) is 2. The fraction of sp³-hybridized carbons (Fsp3) is 0.192. The molecule has 0 aliphatic carbocycles. The lowest BCUT2D eigenvalue weighted by Crippen LogP contribution is -2.54. The number of rotatable bonds is 10. The molecule has 4 rings (SSSR count). The summed E-state index contributed by atoms with van der Waals surface area (Å²) in [5, 5.41) is 34.4. The average Bonchev–Trinajstić information content (AvgIpc) is 3.43. The number of carboxylic acid groups (broad SMARTS) is 1. The molecule has 0 radical (unpaired) electrons. The van der Waals surface area contributed by atoms with Crippen molar-refractivity contribution < 1.29 is 42.1 Å². The van der Waals surface area contributed by atoms with Crippen LogP contribution in [0.25, 0.3) is 0 Å². The smallest absolute Gasteiger partial charge is 0.305 e. The fourth-order valence-corrected chi connectivity index (χ4v) is 6.08. The van der Waals surface area contributed by atoms with E-state index in [4.69, 9.17) is 0 Å². The van der Waals surface area contributed by atoms with E-state index in [1.165, 1.54) is 24.3 Å². The molecule has 2 amide bonds. The fourth-order valence-electron chi connectivity index (χ4n) is 4.53. The van der Waals surface area contributed by atoms with Gasteiger partial charge in [-0.1, -0.05) is 18.2 Å². The van der Waals surface area contributed by atoms with Gasteiger partial charge < -0.3 is 15.3 Å². The molecule has 3 aromatic carbocycles. The van der Waals surface area contributed by atoms with E-state index >= 15 is 0 Å². The molecule has 0 saturated carbocycles. The Morgan fingerprint density at radius 3 is 2.16 bits per heavy atom. The van der Waals surface area contributed by atoms with Crippen molar-refractivity contribution in [3.05, 3.63) is 110 Å². The van der Waals surface area contributed by atoms with Gasteiger partial charge in [-0.3, -0.25) is 34.6 Å². The van der Waals surface area contributed by atoms with Gasteiger partial charge in [0.05, 0.1) is 27.2 Å². The first kappa shape index (κ1) is 30.7. The van der Waals surface area contributed by atoms with E-state index in [-0.39, 0.29) is 17.7 Å².